The van der Waals surface area contributed by atoms with Crippen LogP contribution in [0.5, 0.6) is 5.75 Å². The topological polar surface area (TPSA) is 203 Å². The number of hydrogen-bond donors (Lipinski definition) is 6. The number of phenolic OH excluding ortho intramolecular Hbond substituents is 1. The Bertz CT molecular complexity index is 922. The lowest BCUT2D eigenvalue weighted by Crippen LogP contribution is -2.41. The number of unbranched alkanes of at least 4 members (excludes halogenated alkanes) is 13. The standard InChI is InChI=1S/C22H46N4O2.C11H13NO4/c1-2-3-4-5-6-7-8-9-10-11-12-13-14-15-19-28-21(27)20(23)17-16-18-26-22(24)25;1-7(13)12-10(11(15)16)6-8-2-4-9(14)5-3-8/h20H,2-19,23H2,1H3,(H4,24,25,26);2-5,10,14H,6H2,1H3,(H,12,13)(H,15,16)/t20-;10-/m00/s1. The summed E-state index contributed by atoms with van der Waals surface area (Å²) < 4.78 is 5.24. The first-order chi connectivity index (χ1) is 21.1. The van der Waals surface area contributed by atoms with Crippen LogP contribution in [0.15, 0.2) is 29.3 Å². The number of nitrogens with zero attached hydrogens (tertiary/aromatic N) is 1. The molecule has 11 nitrogen and oxygen atoms in total. The third kappa shape index (κ3) is 25.2. The molecule has 0 saturated heterocycles. The summed E-state index contributed by atoms with van der Waals surface area (Å²) in [7, 11) is 0. The van der Waals surface area contributed by atoms with Gasteiger partial charge in [0.05, 0.1) is 6.61 Å². The number of carbonyl (C=O) groups is 3. The van der Waals surface area contributed by atoms with Crippen molar-refractivity contribution in [3.8, 4) is 5.75 Å². The summed E-state index contributed by atoms with van der Waals surface area (Å²) in [6.07, 6.45) is 19.8. The monoisotopic (exact) mass is 621 g/mol. The highest BCUT2D eigenvalue weighted by Crippen LogP contribution is 2.13. The van der Waals surface area contributed by atoms with Crippen molar-refractivity contribution in [3.05, 3.63) is 29.8 Å². The number of benzene rings is 1. The molecule has 252 valence electrons. The molecule has 0 aliphatic carbocycles. The van der Waals surface area contributed by atoms with E-state index in [0.717, 1.165) is 18.4 Å². The minimum atomic E-state index is -1.08. The summed E-state index contributed by atoms with van der Waals surface area (Å²) >= 11 is 0. The van der Waals surface area contributed by atoms with Crippen LogP contribution in [0.3, 0.4) is 0 Å². The smallest absolute Gasteiger partial charge is 0.326 e. The highest BCUT2D eigenvalue weighted by molar-refractivity contribution is 5.82. The second kappa shape index (κ2) is 27.2. The van der Waals surface area contributed by atoms with Gasteiger partial charge in [0, 0.05) is 19.9 Å². The lowest BCUT2D eigenvalue weighted by atomic mass is 10.0. The second-order valence-electron chi connectivity index (χ2n) is 11.3. The van der Waals surface area contributed by atoms with Crippen molar-refractivity contribution in [2.45, 2.75) is 135 Å². The van der Waals surface area contributed by atoms with E-state index in [1.165, 1.54) is 96.1 Å². The molecule has 9 N–H and O–H groups in total. The number of ether oxygens (including phenoxy) is 1. The van der Waals surface area contributed by atoms with E-state index in [0.29, 0.717) is 26.0 Å². The molecule has 1 rings (SSSR count). The van der Waals surface area contributed by atoms with Crippen LogP contribution in [0.4, 0.5) is 0 Å². The van der Waals surface area contributed by atoms with Crippen LogP contribution in [-0.2, 0) is 25.5 Å². The first-order valence-electron chi connectivity index (χ1n) is 16.3. The molecule has 0 heterocycles. The highest BCUT2D eigenvalue weighted by Gasteiger charge is 2.18. The van der Waals surface area contributed by atoms with Gasteiger partial charge in [-0.25, -0.2) is 4.79 Å². The number of rotatable bonds is 24. The largest absolute Gasteiger partial charge is 0.508 e. The van der Waals surface area contributed by atoms with Crippen LogP contribution in [-0.4, -0.2) is 59.3 Å². The van der Waals surface area contributed by atoms with Gasteiger partial charge in [-0.1, -0.05) is 103 Å². The molecule has 0 aromatic heterocycles. The Morgan fingerprint density at radius 2 is 1.34 bits per heavy atom. The maximum absolute atomic E-state index is 11.8. The van der Waals surface area contributed by atoms with Crippen molar-refractivity contribution in [1.29, 1.82) is 0 Å². The van der Waals surface area contributed by atoms with E-state index in [9.17, 15) is 14.4 Å². The molecule has 1 aromatic rings. The molecular weight excluding hydrogens is 562 g/mol. The fourth-order valence-corrected chi connectivity index (χ4v) is 4.53. The summed E-state index contributed by atoms with van der Waals surface area (Å²) in [6.45, 7) is 4.50. The third-order valence-electron chi connectivity index (χ3n) is 7.06. The molecule has 0 fully saturated rings. The van der Waals surface area contributed by atoms with Crippen LogP contribution in [0.25, 0.3) is 0 Å². The van der Waals surface area contributed by atoms with Gasteiger partial charge < -0.3 is 37.5 Å². The van der Waals surface area contributed by atoms with Gasteiger partial charge in [0.25, 0.3) is 0 Å². The van der Waals surface area contributed by atoms with Crippen molar-refractivity contribution in [2.75, 3.05) is 13.2 Å². The Labute approximate surface area is 264 Å². The van der Waals surface area contributed by atoms with Gasteiger partial charge in [-0.2, -0.15) is 0 Å². The van der Waals surface area contributed by atoms with Gasteiger partial charge in [-0.15, -0.1) is 0 Å². The summed E-state index contributed by atoms with van der Waals surface area (Å²) in [5.74, 6) is -1.60. The zero-order chi connectivity index (χ0) is 33.0. The predicted octanol–water partition coefficient (Wildman–Crippen LogP) is 4.92. The Balaban J connectivity index is 0.000000971. The molecule has 2 atom stereocenters. The van der Waals surface area contributed by atoms with Gasteiger partial charge in [-0.05, 0) is 37.0 Å². The molecule has 44 heavy (non-hydrogen) atoms. The van der Waals surface area contributed by atoms with Crippen LogP contribution < -0.4 is 22.5 Å². The van der Waals surface area contributed by atoms with Crippen LogP contribution >= 0.6 is 0 Å². The number of esters is 1. The van der Waals surface area contributed by atoms with E-state index >= 15 is 0 Å². The first-order valence-corrected chi connectivity index (χ1v) is 16.3. The van der Waals surface area contributed by atoms with Gasteiger partial charge in [0.2, 0.25) is 5.91 Å². The summed E-state index contributed by atoms with van der Waals surface area (Å²) in [5, 5.41) is 20.3. The summed E-state index contributed by atoms with van der Waals surface area (Å²) in [6, 6.07) is 4.66. The van der Waals surface area contributed by atoms with Crippen molar-refractivity contribution in [3.63, 3.8) is 0 Å². The van der Waals surface area contributed by atoms with Gasteiger partial charge in [0.1, 0.15) is 17.8 Å². The number of aromatic hydroxyl groups is 1. The van der Waals surface area contributed by atoms with Gasteiger partial charge in [-0.3, -0.25) is 14.6 Å². The molecule has 1 amide bonds. The fourth-order valence-electron chi connectivity index (χ4n) is 4.53. The number of phenols is 1. The maximum atomic E-state index is 11.8. The normalized spacial score (nSPS) is 11.9. The molecule has 11 heteroatoms. The van der Waals surface area contributed by atoms with Crippen molar-refractivity contribution in [1.82, 2.24) is 5.32 Å². The summed E-state index contributed by atoms with van der Waals surface area (Å²) in [5.41, 5.74) is 17.0. The van der Waals surface area contributed by atoms with E-state index in [4.69, 9.17) is 32.2 Å². The number of guanidine groups is 1. The van der Waals surface area contributed by atoms with Gasteiger partial charge >= 0.3 is 11.9 Å². The maximum Gasteiger partial charge on any atom is 0.326 e. The Hall–Kier alpha value is -3.34. The number of carbonyl (C=O) groups excluding carboxylic acids is 2. The van der Waals surface area contributed by atoms with Crippen LogP contribution in [0, 0.1) is 0 Å². The third-order valence-corrected chi connectivity index (χ3v) is 7.06. The molecule has 0 aliphatic rings. The quantitative estimate of drug-likeness (QED) is 0.0401. The second-order valence-corrected chi connectivity index (χ2v) is 11.3. The van der Waals surface area contributed by atoms with Crippen molar-refractivity contribution in [2.24, 2.45) is 22.2 Å². The fraction of sp³-hybridized carbons (Fsp3) is 0.697. The van der Waals surface area contributed by atoms with E-state index in [1.807, 2.05) is 0 Å². The highest BCUT2D eigenvalue weighted by atomic mass is 16.5. The van der Waals surface area contributed by atoms with Crippen LogP contribution in [0.2, 0.25) is 0 Å². The SMILES string of the molecule is CC(=O)N[C@@H](Cc1ccc(O)cc1)C(=O)O.CCCCCCCCCCCCCCCCOC(=O)[C@@H](N)CCCN=C(N)N. The van der Waals surface area contributed by atoms with E-state index < -0.39 is 18.1 Å². The van der Waals surface area contributed by atoms with E-state index in [-0.39, 0.29) is 30.0 Å². The number of nitrogens with two attached hydrogens (primary N) is 3. The minimum Gasteiger partial charge on any atom is -0.508 e. The zero-order valence-corrected chi connectivity index (χ0v) is 27.1. The molecule has 1 aromatic carbocycles. The molecule has 0 saturated carbocycles. The number of aliphatic imine (C=N–C) groups is 1. The van der Waals surface area contributed by atoms with E-state index in [1.54, 1.807) is 12.1 Å². The number of aliphatic carboxylic acids is 1. The average Bonchev–Trinajstić information content (AvgIpc) is 2.97. The van der Waals surface area contributed by atoms with E-state index in [2.05, 4.69) is 17.2 Å². The first kappa shape index (κ1) is 40.7. The molecule has 0 aliphatic heterocycles. The number of hydrogen-bond acceptors (Lipinski definition) is 7. The molecule has 0 spiro atoms. The van der Waals surface area contributed by atoms with Crippen LogP contribution in [0.1, 0.15) is 122 Å². The van der Waals surface area contributed by atoms with Crippen molar-refractivity contribution < 1.29 is 29.3 Å². The lowest BCUT2D eigenvalue weighted by molar-refractivity contribution is -0.145. The molecule has 0 unspecified atom stereocenters. The number of carboxylic acids is 1. The minimum absolute atomic E-state index is 0.0638. The number of amides is 1. The molecule has 0 radical (unpaired) electrons. The zero-order valence-electron chi connectivity index (χ0n) is 27.1. The summed E-state index contributed by atoms with van der Waals surface area (Å²) in [4.78, 5) is 37.3. The van der Waals surface area contributed by atoms with Gasteiger partial charge in [0.15, 0.2) is 5.96 Å². The average molecular weight is 622 g/mol. The Morgan fingerprint density at radius 1 is 0.841 bits per heavy atom. The lowest BCUT2D eigenvalue weighted by Gasteiger charge is -2.13. The number of carboxylic acid groups (broad SMARTS) is 1. The number of nitrogens with one attached hydrogen (secondary N) is 1. The Morgan fingerprint density at radius 3 is 1.80 bits per heavy atom. The molecule has 0 bridgehead atoms. The predicted molar refractivity (Wildman–Crippen MR) is 176 cm³/mol. The molecular formula is C33H59N5O6. The Kier molecular flexibility index (Phi) is 25.2. The van der Waals surface area contributed by atoms with Crippen molar-refractivity contribution >= 4 is 23.8 Å².